The molecule has 1 saturated heterocycles. The van der Waals surface area contributed by atoms with Crippen molar-refractivity contribution in [1.82, 2.24) is 4.90 Å². The Bertz CT molecular complexity index is 516. The summed E-state index contributed by atoms with van der Waals surface area (Å²) in [6.45, 7) is 3.32. The molecule has 0 bridgehead atoms. The molecule has 5 heteroatoms. The van der Waals surface area contributed by atoms with Gasteiger partial charge in [-0.05, 0) is 38.3 Å². The van der Waals surface area contributed by atoms with E-state index in [1.165, 1.54) is 7.11 Å². The number of piperidine rings is 1. The smallest absolute Gasteiger partial charge is 0.328 e. The van der Waals surface area contributed by atoms with E-state index in [0.717, 1.165) is 25.1 Å². The van der Waals surface area contributed by atoms with Crippen LogP contribution in [0.5, 0.6) is 0 Å². The number of amides is 1. The van der Waals surface area contributed by atoms with E-state index in [0.29, 0.717) is 18.5 Å². The van der Waals surface area contributed by atoms with Crippen LogP contribution in [0.1, 0.15) is 36.5 Å². The predicted molar refractivity (Wildman–Crippen MR) is 81.3 cm³/mol. The van der Waals surface area contributed by atoms with Gasteiger partial charge < -0.3 is 15.0 Å². The van der Waals surface area contributed by atoms with Gasteiger partial charge in [-0.1, -0.05) is 12.1 Å². The Morgan fingerprint density at radius 1 is 1.33 bits per heavy atom. The molecule has 1 aliphatic heterocycles. The predicted octanol–water partition coefficient (Wildman–Crippen LogP) is 2.29. The van der Waals surface area contributed by atoms with E-state index in [-0.39, 0.29) is 11.9 Å². The summed E-state index contributed by atoms with van der Waals surface area (Å²) >= 11 is 0. The van der Waals surface area contributed by atoms with Crippen molar-refractivity contribution >= 4 is 17.6 Å². The molecule has 1 aromatic carbocycles. The summed E-state index contributed by atoms with van der Waals surface area (Å²) in [6, 6.07) is 6.94. The maximum absolute atomic E-state index is 12.8. The minimum Gasteiger partial charge on any atom is -0.467 e. The molecule has 2 rings (SSSR count). The fourth-order valence-electron chi connectivity index (χ4n) is 2.72. The van der Waals surface area contributed by atoms with Gasteiger partial charge in [0.15, 0.2) is 0 Å². The fraction of sp³-hybridized carbons (Fsp3) is 0.500. The highest BCUT2D eigenvalue weighted by atomic mass is 16.5. The van der Waals surface area contributed by atoms with Gasteiger partial charge in [0.2, 0.25) is 0 Å². The van der Waals surface area contributed by atoms with Crippen LogP contribution in [0.3, 0.4) is 0 Å². The van der Waals surface area contributed by atoms with E-state index in [2.05, 4.69) is 5.32 Å². The molecule has 5 nitrogen and oxygen atoms in total. The summed E-state index contributed by atoms with van der Waals surface area (Å²) < 4.78 is 4.84. The molecule has 1 atom stereocenters. The third-order valence-electron chi connectivity index (χ3n) is 3.76. The first-order valence-electron chi connectivity index (χ1n) is 7.40. The average molecular weight is 290 g/mol. The molecule has 1 unspecified atom stereocenters. The molecule has 1 heterocycles. The molecule has 0 radical (unpaired) electrons. The number of rotatable bonds is 4. The van der Waals surface area contributed by atoms with Gasteiger partial charge >= 0.3 is 5.97 Å². The highest BCUT2D eigenvalue weighted by Gasteiger charge is 2.33. The lowest BCUT2D eigenvalue weighted by atomic mass is 10.0. The minimum atomic E-state index is -0.467. The van der Waals surface area contributed by atoms with E-state index in [4.69, 9.17) is 4.74 Å². The number of likely N-dealkylation sites (tertiary alicyclic amines) is 1. The van der Waals surface area contributed by atoms with Gasteiger partial charge in [0, 0.05) is 18.8 Å². The van der Waals surface area contributed by atoms with Crippen molar-refractivity contribution in [3.63, 3.8) is 0 Å². The van der Waals surface area contributed by atoms with Gasteiger partial charge in [-0.15, -0.1) is 0 Å². The topological polar surface area (TPSA) is 58.6 Å². The van der Waals surface area contributed by atoms with Crippen LogP contribution < -0.4 is 5.32 Å². The quantitative estimate of drug-likeness (QED) is 0.864. The van der Waals surface area contributed by atoms with Crippen LogP contribution in [0.25, 0.3) is 0 Å². The lowest BCUT2D eigenvalue weighted by molar-refractivity contribution is -0.147. The number of nitrogens with one attached hydrogen (secondary N) is 1. The molecular weight excluding hydrogens is 268 g/mol. The van der Waals surface area contributed by atoms with Gasteiger partial charge in [0.25, 0.3) is 5.91 Å². The van der Waals surface area contributed by atoms with Crippen molar-refractivity contribution in [1.29, 1.82) is 0 Å². The number of methoxy groups -OCH3 is 1. The molecule has 1 aromatic rings. The van der Waals surface area contributed by atoms with Crippen molar-refractivity contribution in [2.45, 2.75) is 32.2 Å². The first-order chi connectivity index (χ1) is 10.2. The van der Waals surface area contributed by atoms with Crippen LogP contribution in [0.15, 0.2) is 24.3 Å². The second-order valence-electron chi connectivity index (χ2n) is 5.11. The SMILES string of the molecule is CCNc1ccccc1C(=O)N1CCCCC1C(=O)OC. The summed E-state index contributed by atoms with van der Waals surface area (Å²) in [5.74, 6) is -0.439. The third kappa shape index (κ3) is 3.35. The van der Waals surface area contributed by atoms with Crippen molar-refractivity contribution in [2.24, 2.45) is 0 Å². The van der Waals surface area contributed by atoms with Gasteiger partial charge in [0.1, 0.15) is 6.04 Å². The van der Waals surface area contributed by atoms with Gasteiger partial charge in [-0.2, -0.15) is 0 Å². The lowest BCUT2D eigenvalue weighted by Gasteiger charge is -2.34. The highest BCUT2D eigenvalue weighted by molar-refractivity contribution is 6.01. The Kier molecular flexibility index (Phi) is 5.20. The third-order valence-corrected chi connectivity index (χ3v) is 3.76. The first-order valence-corrected chi connectivity index (χ1v) is 7.40. The zero-order chi connectivity index (χ0) is 15.2. The number of ether oxygens (including phenoxy) is 1. The standard InChI is InChI=1S/C16H22N2O3/c1-3-17-13-9-5-4-8-12(13)15(19)18-11-7-6-10-14(18)16(20)21-2/h4-5,8-9,14,17H,3,6-7,10-11H2,1-2H3. The second-order valence-corrected chi connectivity index (χ2v) is 5.11. The number of nitrogens with zero attached hydrogens (tertiary/aromatic N) is 1. The summed E-state index contributed by atoms with van der Waals surface area (Å²) in [7, 11) is 1.37. The Morgan fingerprint density at radius 3 is 2.81 bits per heavy atom. The Hall–Kier alpha value is -2.04. The molecule has 1 N–H and O–H groups in total. The maximum Gasteiger partial charge on any atom is 0.328 e. The van der Waals surface area contributed by atoms with Gasteiger partial charge in [-0.3, -0.25) is 4.79 Å². The summed E-state index contributed by atoms with van der Waals surface area (Å²) in [5, 5.41) is 3.19. The van der Waals surface area contributed by atoms with Crippen LogP contribution >= 0.6 is 0 Å². The molecule has 1 fully saturated rings. The Labute approximate surface area is 125 Å². The molecule has 0 aromatic heterocycles. The maximum atomic E-state index is 12.8. The minimum absolute atomic E-state index is 0.110. The molecule has 1 aliphatic rings. The number of carbonyl (C=O) groups is 2. The van der Waals surface area contributed by atoms with Crippen LogP contribution in [-0.2, 0) is 9.53 Å². The van der Waals surface area contributed by atoms with Crippen molar-refractivity contribution in [2.75, 3.05) is 25.5 Å². The molecule has 0 saturated carbocycles. The van der Waals surface area contributed by atoms with Crippen molar-refractivity contribution < 1.29 is 14.3 Å². The first kappa shape index (κ1) is 15.4. The van der Waals surface area contributed by atoms with E-state index in [9.17, 15) is 9.59 Å². The van der Waals surface area contributed by atoms with Crippen molar-refractivity contribution in [3.05, 3.63) is 29.8 Å². The van der Waals surface area contributed by atoms with Crippen LogP contribution in [0, 0.1) is 0 Å². The molecule has 21 heavy (non-hydrogen) atoms. The van der Waals surface area contributed by atoms with E-state index in [1.807, 2.05) is 25.1 Å². The molecule has 114 valence electrons. The summed E-state index contributed by atoms with van der Waals surface area (Å²) in [4.78, 5) is 26.3. The number of carbonyl (C=O) groups excluding carboxylic acids is 2. The monoisotopic (exact) mass is 290 g/mol. The normalized spacial score (nSPS) is 18.2. The average Bonchev–Trinajstić information content (AvgIpc) is 2.54. The lowest BCUT2D eigenvalue weighted by Crippen LogP contribution is -2.48. The van der Waals surface area contributed by atoms with Crippen LogP contribution in [0.2, 0.25) is 0 Å². The number of benzene rings is 1. The van der Waals surface area contributed by atoms with E-state index in [1.54, 1.807) is 11.0 Å². The summed E-state index contributed by atoms with van der Waals surface area (Å²) in [5.41, 5.74) is 1.41. The summed E-state index contributed by atoms with van der Waals surface area (Å²) in [6.07, 6.45) is 2.53. The number of para-hydroxylation sites is 1. The fourth-order valence-corrected chi connectivity index (χ4v) is 2.72. The largest absolute Gasteiger partial charge is 0.467 e. The van der Waals surface area contributed by atoms with E-state index < -0.39 is 6.04 Å². The zero-order valence-corrected chi connectivity index (χ0v) is 12.6. The Morgan fingerprint density at radius 2 is 2.10 bits per heavy atom. The molecular formula is C16H22N2O3. The molecule has 1 amide bonds. The van der Waals surface area contributed by atoms with Crippen LogP contribution in [-0.4, -0.2) is 43.0 Å². The molecule has 0 spiro atoms. The van der Waals surface area contributed by atoms with E-state index >= 15 is 0 Å². The molecule has 0 aliphatic carbocycles. The van der Waals surface area contributed by atoms with Crippen LogP contribution in [0.4, 0.5) is 5.69 Å². The van der Waals surface area contributed by atoms with Gasteiger partial charge in [-0.25, -0.2) is 4.79 Å². The Balaban J connectivity index is 2.27. The number of hydrogen-bond donors (Lipinski definition) is 1. The highest BCUT2D eigenvalue weighted by Crippen LogP contribution is 2.24. The number of esters is 1. The number of anilines is 1. The van der Waals surface area contributed by atoms with Crippen molar-refractivity contribution in [3.8, 4) is 0 Å². The zero-order valence-electron chi connectivity index (χ0n) is 12.6. The second kappa shape index (κ2) is 7.11. The number of hydrogen-bond acceptors (Lipinski definition) is 4. The van der Waals surface area contributed by atoms with Gasteiger partial charge in [0.05, 0.1) is 12.7 Å².